The molecule has 6 unspecified atom stereocenters. The van der Waals surface area contributed by atoms with Gasteiger partial charge in [0.1, 0.15) is 0 Å². The second-order valence-corrected chi connectivity index (χ2v) is 4.84. The molecule has 0 aromatic carbocycles. The fourth-order valence-electron chi connectivity index (χ4n) is 1.49. The van der Waals surface area contributed by atoms with Crippen molar-refractivity contribution in [1.82, 2.24) is 0 Å². The van der Waals surface area contributed by atoms with Crippen LogP contribution in [0, 0.1) is 0 Å². The molecule has 0 aliphatic heterocycles. The minimum absolute atomic E-state index is 2.66. The molecule has 0 fully saturated rings. The summed E-state index contributed by atoms with van der Waals surface area (Å²) in [5.41, 5.74) is 0. The Kier molecular flexibility index (Phi) is 7.72. The Labute approximate surface area is 138 Å². The molecule has 0 amide bonds. The number of rotatable bonds is 6. The summed E-state index contributed by atoms with van der Waals surface area (Å²) < 4.78 is 201. The van der Waals surface area contributed by atoms with E-state index in [9.17, 15) is 70.2 Å². The molecule has 1 nitrogen and oxygen atoms in total. The number of alkyl halides is 16. The second kappa shape index (κ2) is 8.06. The average Bonchev–Trinajstić information content (AvgIpc) is 2.40. The lowest BCUT2D eigenvalue weighted by Crippen LogP contribution is -2.56. The van der Waals surface area contributed by atoms with Crippen molar-refractivity contribution in [3.05, 3.63) is 0 Å². The van der Waals surface area contributed by atoms with Crippen LogP contribution in [-0.2, 0) is 4.74 Å². The van der Waals surface area contributed by atoms with E-state index < -0.39 is 61.6 Å². The molecule has 0 N–H and O–H groups in total. The van der Waals surface area contributed by atoms with E-state index in [2.05, 4.69) is 4.74 Å². The Balaban J connectivity index is 5.92. The lowest BCUT2D eigenvalue weighted by atomic mass is 10.1. The van der Waals surface area contributed by atoms with Crippen molar-refractivity contribution in [2.75, 3.05) is 0 Å². The minimum Gasteiger partial charge on any atom is -0.350 e. The first-order valence-electron chi connectivity index (χ1n) is 6.10. The highest BCUT2D eigenvalue weighted by molar-refractivity contribution is 4.92. The van der Waals surface area contributed by atoms with Crippen LogP contribution in [0.3, 0.4) is 0 Å². The quantitative estimate of drug-likeness (QED) is 0.501. The van der Waals surface area contributed by atoms with Gasteiger partial charge < -0.3 is 4.74 Å². The van der Waals surface area contributed by atoms with Crippen LogP contribution in [0.4, 0.5) is 70.2 Å². The Bertz CT molecular complexity index is 418. The molecule has 0 aliphatic rings. The predicted molar refractivity (Wildman–Crippen MR) is 52.5 cm³/mol. The highest BCUT2D eigenvalue weighted by atomic mass is 19.4. The molecule has 0 saturated carbocycles. The molecule has 0 aliphatic carbocycles. The zero-order valence-corrected chi connectivity index (χ0v) is 11.9. The van der Waals surface area contributed by atoms with Gasteiger partial charge >= 0.3 is 24.7 Å². The molecule has 0 radical (unpaired) electrons. The maximum absolute atomic E-state index is 13.2. The van der Waals surface area contributed by atoms with Crippen LogP contribution in [-0.4, -0.2) is 61.6 Å². The summed E-state index contributed by atoms with van der Waals surface area (Å²) in [5, 5.41) is 0. The second-order valence-electron chi connectivity index (χ2n) is 4.84. The molecular formula is C10H6F16O. The van der Waals surface area contributed by atoms with Gasteiger partial charge in [0.25, 0.3) is 0 Å². The predicted octanol–water partition coefficient (Wildman–Crippen LogP) is 5.34. The van der Waals surface area contributed by atoms with Gasteiger partial charge in [-0.05, 0) is 0 Å². The summed E-state index contributed by atoms with van der Waals surface area (Å²) >= 11 is 0. The molecule has 0 aromatic heterocycles. The van der Waals surface area contributed by atoms with E-state index in [0.29, 0.717) is 0 Å². The summed E-state index contributed by atoms with van der Waals surface area (Å²) in [4.78, 5) is 0. The monoisotopic (exact) mass is 446 g/mol. The first kappa shape index (κ1) is 25.8. The molecule has 0 rings (SSSR count). The highest BCUT2D eigenvalue weighted by Crippen LogP contribution is 2.40. The van der Waals surface area contributed by atoms with Crippen molar-refractivity contribution in [2.24, 2.45) is 0 Å². The first-order valence-corrected chi connectivity index (χ1v) is 6.10. The normalized spacial score (nSPS) is 21.3. The van der Waals surface area contributed by atoms with Gasteiger partial charge in [-0.15, -0.1) is 0 Å². The zero-order chi connectivity index (χ0) is 22.2. The molecule has 27 heavy (non-hydrogen) atoms. The van der Waals surface area contributed by atoms with E-state index in [-0.39, 0.29) is 0 Å². The summed E-state index contributed by atoms with van der Waals surface area (Å²) in [6, 6.07) is 0. The zero-order valence-electron chi connectivity index (χ0n) is 11.9. The molecule has 0 aromatic rings. The van der Waals surface area contributed by atoms with Crippen LogP contribution in [0.5, 0.6) is 0 Å². The van der Waals surface area contributed by atoms with Gasteiger partial charge in [0.05, 0.1) is 0 Å². The summed E-state index contributed by atoms with van der Waals surface area (Å²) in [7, 11) is 0. The Morgan fingerprint density at radius 3 is 0.778 bits per heavy atom. The lowest BCUT2D eigenvalue weighted by Gasteiger charge is -2.33. The molecular weight excluding hydrogens is 440 g/mol. The molecule has 6 atom stereocenters. The average molecular weight is 446 g/mol. The van der Waals surface area contributed by atoms with Crippen LogP contribution >= 0.6 is 0 Å². The maximum atomic E-state index is 13.2. The summed E-state index contributed by atoms with van der Waals surface area (Å²) in [6.45, 7) is 0. The molecule has 0 saturated heterocycles. The van der Waals surface area contributed by atoms with Crippen LogP contribution < -0.4 is 0 Å². The van der Waals surface area contributed by atoms with Crippen molar-refractivity contribution in [2.45, 2.75) is 61.6 Å². The lowest BCUT2D eigenvalue weighted by molar-refractivity contribution is -0.327. The van der Waals surface area contributed by atoms with E-state index in [1.54, 1.807) is 0 Å². The SMILES string of the molecule is FC(C(F)C(F)(F)F)C(OC(C(F)C(F)C(F)(F)F)C(F)(F)F)C(F)(F)F. The van der Waals surface area contributed by atoms with Gasteiger partial charge in [-0.1, -0.05) is 0 Å². The van der Waals surface area contributed by atoms with Crippen LogP contribution in [0.1, 0.15) is 0 Å². The Hall–Kier alpha value is -1.16. The topological polar surface area (TPSA) is 9.23 Å². The standard InChI is InChI=1S/C10H6F16O/c11-1(3(13)7(15,16)17)5(9(21,22)23)27-6(10(24,25)26)2(12)4(14)8(18,19)20/h1-6H. The Morgan fingerprint density at radius 2 is 0.630 bits per heavy atom. The number of ether oxygens (including phenoxy) is 1. The largest absolute Gasteiger partial charge is 0.422 e. The van der Waals surface area contributed by atoms with Crippen molar-refractivity contribution < 1.29 is 75.0 Å². The van der Waals surface area contributed by atoms with Gasteiger partial charge in [0.2, 0.25) is 12.3 Å². The Morgan fingerprint density at radius 1 is 0.407 bits per heavy atom. The highest BCUT2D eigenvalue weighted by Gasteiger charge is 2.62. The maximum Gasteiger partial charge on any atom is 0.422 e. The molecule has 164 valence electrons. The van der Waals surface area contributed by atoms with Gasteiger partial charge in [-0.2, -0.15) is 52.7 Å². The number of hydrogen-bond donors (Lipinski definition) is 0. The van der Waals surface area contributed by atoms with Crippen LogP contribution in [0.15, 0.2) is 0 Å². The van der Waals surface area contributed by atoms with Crippen LogP contribution in [0.25, 0.3) is 0 Å². The third-order valence-corrected chi connectivity index (χ3v) is 2.70. The van der Waals surface area contributed by atoms with Gasteiger partial charge in [0, 0.05) is 0 Å². The van der Waals surface area contributed by atoms with E-state index in [1.165, 1.54) is 0 Å². The van der Waals surface area contributed by atoms with E-state index in [0.717, 1.165) is 0 Å². The van der Waals surface area contributed by atoms with E-state index in [1.807, 2.05) is 0 Å². The van der Waals surface area contributed by atoms with Gasteiger partial charge in [-0.25, -0.2) is 17.6 Å². The van der Waals surface area contributed by atoms with E-state index >= 15 is 0 Å². The minimum atomic E-state index is -6.57. The fraction of sp³-hybridized carbons (Fsp3) is 1.00. The van der Waals surface area contributed by atoms with Crippen molar-refractivity contribution >= 4 is 0 Å². The van der Waals surface area contributed by atoms with Crippen LogP contribution in [0.2, 0.25) is 0 Å². The first-order chi connectivity index (χ1) is 11.6. The third kappa shape index (κ3) is 7.06. The number of hydrogen-bond acceptors (Lipinski definition) is 1. The van der Waals surface area contributed by atoms with Gasteiger partial charge in [-0.3, -0.25) is 0 Å². The van der Waals surface area contributed by atoms with Crippen molar-refractivity contribution in [1.29, 1.82) is 0 Å². The fourth-order valence-corrected chi connectivity index (χ4v) is 1.49. The van der Waals surface area contributed by atoms with E-state index in [4.69, 9.17) is 0 Å². The third-order valence-electron chi connectivity index (χ3n) is 2.70. The number of halogens is 16. The van der Waals surface area contributed by atoms with Gasteiger partial charge in [0.15, 0.2) is 24.6 Å². The molecule has 17 heteroatoms. The van der Waals surface area contributed by atoms with Crippen molar-refractivity contribution in [3.63, 3.8) is 0 Å². The molecule has 0 bridgehead atoms. The molecule has 0 spiro atoms. The molecule has 0 heterocycles. The summed E-state index contributed by atoms with van der Waals surface area (Å²) in [5.74, 6) is 0. The summed E-state index contributed by atoms with van der Waals surface area (Å²) in [6.07, 6.45) is -56.1. The van der Waals surface area contributed by atoms with Crippen molar-refractivity contribution in [3.8, 4) is 0 Å². The smallest absolute Gasteiger partial charge is 0.350 e.